The van der Waals surface area contributed by atoms with Crippen molar-refractivity contribution in [2.45, 2.75) is 19.3 Å². The Kier molecular flexibility index (Phi) is 0.210. The molecule has 0 saturated heterocycles. The summed E-state index contributed by atoms with van der Waals surface area (Å²) in [5.41, 5.74) is -3.28. The number of hydrogen-bond donors (Lipinski definition) is 1. The van der Waals surface area contributed by atoms with Gasteiger partial charge in [-0.3, -0.25) is 0 Å². The minimum Gasteiger partial charge on any atom is -0.376 e. The van der Waals surface area contributed by atoms with Crippen molar-refractivity contribution in [1.82, 2.24) is 0 Å². The fourth-order valence-corrected chi connectivity index (χ4v) is 0. The Morgan fingerprint density at radius 3 is 2.50 bits per heavy atom. The standard InChI is InChI=1S/C4H7NO/c1-4(2,6)3-5/h6H,1-2H3/i1D3,2D3. The molecule has 34 valence electrons. The predicted molar refractivity (Wildman–Crippen MR) is 21.9 cm³/mol. The smallest absolute Gasteiger partial charge is 0.145 e. The fourth-order valence-electron chi connectivity index (χ4n) is 0. The van der Waals surface area contributed by atoms with Crippen molar-refractivity contribution in [3.05, 3.63) is 0 Å². The summed E-state index contributed by atoms with van der Waals surface area (Å²) in [7, 11) is 0. The zero-order chi connectivity index (χ0) is 10.2. The third-order valence-corrected chi connectivity index (χ3v) is 0.162. The second-order valence-corrected chi connectivity index (χ2v) is 0.822. The van der Waals surface area contributed by atoms with E-state index in [0.717, 1.165) is 6.07 Å². The normalized spacial score (nSPS) is 29.3. The van der Waals surface area contributed by atoms with Crippen molar-refractivity contribution >= 4 is 0 Å². The first-order chi connectivity index (χ1) is 5.06. The van der Waals surface area contributed by atoms with Gasteiger partial charge in [0.1, 0.15) is 5.60 Å². The largest absolute Gasteiger partial charge is 0.376 e. The first-order valence-corrected chi connectivity index (χ1v) is 1.20. The van der Waals surface area contributed by atoms with Crippen molar-refractivity contribution in [2.75, 3.05) is 0 Å². The van der Waals surface area contributed by atoms with E-state index in [4.69, 9.17) is 18.6 Å². The van der Waals surface area contributed by atoms with E-state index in [1.165, 1.54) is 0 Å². The summed E-state index contributed by atoms with van der Waals surface area (Å²) >= 11 is 0. The highest BCUT2D eigenvalue weighted by Gasteiger charge is 2.07. The molecule has 0 aromatic heterocycles. The summed E-state index contributed by atoms with van der Waals surface area (Å²) in [5.74, 6) is 0. The maximum absolute atomic E-state index is 9.01. The van der Waals surface area contributed by atoms with Gasteiger partial charge in [0.25, 0.3) is 0 Å². The average Bonchev–Trinajstić information content (AvgIpc) is 1.81. The summed E-state index contributed by atoms with van der Waals surface area (Å²) in [4.78, 5) is 0. The van der Waals surface area contributed by atoms with Gasteiger partial charge < -0.3 is 5.11 Å². The van der Waals surface area contributed by atoms with Gasteiger partial charge in [0.05, 0.1) is 6.07 Å². The van der Waals surface area contributed by atoms with Crippen LogP contribution in [0.25, 0.3) is 0 Å². The number of hydrogen-bond acceptors (Lipinski definition) is 2. The van der Waals surface area contributed by atoms with Crippen LogP contribution in [-0.2, 0) is 0 Å². The SMILES string of the molecule is [2H]C([2H])([2H])C(O)(C#N)C([2H])([2H])[2H]. The van der Waals surface area contributed by atoms with Crippen molar-refractivity contribution in [1.29, 1.82) is 5.26 Å². The molecule has 0 amide bonds. The zero-order valence-electron chi connectivity index (χ0n) is 8.89. The van der Waals surface area contributed by atoms with Crippen LogP contribution in [0.3, 0.4) is 0 Å². The topological polar surface area (TPSA) is 44.0 Å². The fraction of sp³-hybridized carbons (Fsp3) is 0.750. The maximum atomic E-state index is 9.01. The van der Waals surface area contributed by atoms with E-state index in [0.29, 0.717) is 0 Å². The molecular weight excluding hydrogens is 78.0 g/mol. The van der Waals surface area contributed by atoms with Gasteiger partial charge in [0, 0.05) is 8.22 Å². The Morgan fingerprint density at radius 2 is 2.50 bits per heavy atom. The molecule has 6 heavy (non-hydrogen) atoms. The lowest BCUT2D eigenvalue weighted by Crippen LogP contribution is -2.13. The summed E-state index contributed by atoms with van der Waals surface area (Å²) in [6.07, 6.45) is 0. The number of nitrogens with zero attached hydrogens (tertiary/aromatic N) is 1. The highest BCUT2D eigenvalue weighted by atomic mass is 16.3. The number of aliphatic hydroxyl groups is 1. The molecule has 0 bridgehead atoms. The zero-order valence-corrected chi connectivity index (χ0v) is 2.89. The Hall–Kier alpha value is -0.550. The molecule has 0 aliphatic carbocycles. The third kappa shape index (κ3) is 3.45. The molecule has 0 heterocycles. The molecule has 0 aliphatic rings. The van der Waals surface area contributed by atoms with Gasteiger partial charge in [0.15, 0.2) is 0 Å². The monoisotopic (exact) mass is 91.1 g/mol. The molecule has 0 radical (unpaired) electrons. The quantitative estimate of drug-likeness (QED) is 0.435. The van der Waals surface area contributed by atoms with Crippen LogP contribution in [0.1, 0.15) is 21.9 Å². The van der Waals surface area contributed by atoms with Crippen LogP contribution in [0.15, 0.2) is 0 Å². The number of nitriles is 1. The first-order valence-electron chi connectivity index (χ1n) is 4.20. The Morgan fingerprint density at radius 1 is 2.00 bits per heavy atom. The number of rotatable bonds is 0. The molecule has 0 aromatic rings. The van der Waals surface area contributed by atoms with E-state index in [1.807, 2.05) is 0 Å². The molecule has 0 atom stereocenters. The highest BCUT2D eigenvalue weighted by molar-refractivity contribution is 4.91. The van der Waals surface area contributed by atoms with Gasteiger partial charge in [-0.15, -0.1) is 0 Å². The second-order valence-electron chi connectivity index (χ2n) is 0.822. The summed E-state index contributed by atoms with van der Waals surface area (Å²) < 4.78 is 39.9. The van der Waals surface area contributed by atoms with Crippen LogP contribution in [0.4, 0.5) is 0 Å². The van der Waals surface area contributed by atoms with Crippen molar-refractivity contribution in [3.8, 4) is 6.07 Å². The molecule has 0 aromatic carbocycles. The highest BCUT2D eigenvalue weighted by Crippen LogP contribution is 1.93. The van der Waals surface area contributed by atoms with E-state index in [-0.39, 0.29) is 0 Å². The summed E-state index contributed by atoms with van der Waals surface area (Å²) in [6, 6.07) is 0.889. The molecule has 2 nitrogen and oxygen atoms in total. The van der Waals surface area contributed by atoms with E-state index in [2.05, 4.69) is 0 Å². The van der Waals surface area contributed by atoms with Crippen LogP contribution in [0, 0.1) is 11.3 Å². The van der Waals surface area contributed by atoms with E-state index >= 15 is 0 Å². The van der Waals surface area contributed by atoms with Gasteiger partial charge in [-0.1, -0.05) is 0 Å². The van der Waals surface area contributed by atoms with E-state index in [9.17, 15) is 0 Å². The molecule has 1 N–H and O–H groups in total. The van der Waals surface area contributed by atoms with Crippen molar-refractivity contribution in [3.63, 3.8) is 0 Å². The lowest BCUT2D eigenvalue weighted by molar-refractivity contribution is 0.141. The molecule has 0 aliphatic heterocycles. The van der Waals surface area contributed by atoms with Crippen LogP contribution >= 0.6 is 0 Å². The van der Waals surface area contributed by atoms with Gasteiger partial charge in [-0.05, 0) is 13.7 Å². The molecular formula is C4H7NO. The first kappa shape index (κ1) is 0.988. The van der Waals surface area contributed by atoms with Gasteiger partial charge in [-0.2, -0.15) is 5.26 Å². The minimum atomic E-state index is -3.28. The predicted octanol–water partition coefficient (Wildman–Crippen LogP) is 0.281. The summed E-state index contributed by atoms with van der Waals surface area (Å²) in [6.45, 7) is -6.46. The van der Waals surface area contributed by atoms with Crippen LogP contribution in [0.5, 0.6) is 0 Å². The van der Waals surface area contributed by atoms with E-state index < -0.39 is 19.3 Å². The average molecular weight is 91.1 g/mol. The van der Waals surface area contributed by atoms with Crippen LogP contribution in [0.2, 0.25) is 0 Å². The van der Waals surface area contributed by atoms with Gasteiger partial charge in [-0.25, -0.2) is 0 Å². The van der Waals surface area contributed by atoms with Crippen molar-refractivity contribution < 1.29 is 13.3 Å². The lowest BCUT2D eigenvalue weighted by Gasteiger charge is -2.00. The van der Waals surface area contributed by atoms with E-state index in [1.54, 1.807) is 0 Å². The minimum absolute atomic E-state index is 0.889. The van der Waals surface area contributed by atoms with Gasteiger partial charge in [0.2, 0.25) is 0 Å². The Bertz CT molecular complexity index is 195. The maximum Gasteiger partial charge on any atom is 0.145 e. The molecule has 0 saturated carbocycles. The molecule has 0 unspecified atom stereocenters. The van der Waals surface area contributed by atoms with Crippen molar-refractivity contribution in [2.24, 2.45) is 0 Å². The van der Waals surface area contributed by atoms with Gasteiger partial charge >= 0.3 is 0 Å². The summed E-state index contributed by atoms with van der Waals surface area (Å²) in [5, 5.41) is 17.2. The molecule has 0 spiro atoms. The second kappa shape index (κ2) is 1.27. The molecule has 0 fully saturated rings. The Labute approximate surface area is 45.5 Å². The third-order valence-electron chi connectivity index (χ3n) is 0.162. The molecule has 2 heteroatoms. The lowest BCUT2D eigenvalue weighted by atomic mass is 10.2. The Balaban J connectivity index is 5.14. The molecule has 0 rings (SSSR count). The van der Waals surface area contributed by atoms with Crippen LogP contribution in [-0.4, -0.2) is 10.7 Å². The van der Waals surface area contributed by atoms with Crippen LogP contribution < -0.4 is 0 Å².